The summed E-state index contributed by atoms with van der Waals surface area (Å²) in [6.07, 6.45) is 0.973. The molecular formula is C16H24N2O. The summed E-state index contributed by atoms with van der Waals surface area (Å²) in [5.41, 5.74) is 4.45. The second kappa shape index (κ2) is 6.31. The minimum atomic E-state index is 0.835. The molecule has 0 unspecified atom stereocenters. The molecule has 0 atom stereocenters. The van der Waals surface area contributed by atoms with Gasteiger partial charge in [0.2, 0.25) is 0 Å². The number of aldehydes is 1. The number of hydrogen-bond donors (Lipinski definition) is 0. The van der Waals surface area contributed by atoms with E-state index in [1.807, 2.05) is 6.07 Å². The third kappa shape index (κ3) is 3.43. The maximum atomic E-state index is 11.1. The van der Waals surface area contributed by atoms with Gasteiger partial charge < -0.3 is 4.90 Å². The second-order valence-electron chi connectivity index (χ2n) is 5.47. The largest absolute Gasteiger partial charge is 0.301 e. The van der Waals surface area contributed by atoms with Crippen LogP contribution in [0.4, 0.5) is 0 Å². The van der Waals surface area contributed by atoms with E-state index in [2.05, 4.69) is 36.6 Å². The molecule has 0 spiro atoms. The number of nitrogens with zero attached hydrogens (tertiary/aromatic N) is 2. The zero-order chi connectivity index (χ0) is 13.8. The molecule has 3 nitrogen and oxygen atoms in total. The fraction of sp³-hybridized carbons (Fsp3) is 0.562. The summed E-state index contributed by atoms with van der Waals surface area (Å²) in [5.74, 6) is 0. The van der Waals surface area contributed by atoms with Crippen molar-refractivity contribution in [3.63, 3.8) is 0 Å². The van der Waals surface area contributed by atoms with Crippen molar-refractivity contribution in [3.8, 4) is 0 Å². The van der Waals surface area contributed by atoms with E-state index in [4.69, 9.17) is 0 Å². The summed E-state index contributed by atoms with van der Waals surface area (Å²) in [5, 5.41) is 0. The molecule has 0 bridgehead atoms. The molecule has 1 fully saturated rings. The summed E-state index contributed by atoms with van der Waals surface area (Å²) in [6, 6.07) is 4.19. The van der Waals surface area contributed by atoms with E-state index in [1.54, 1.807) is 0 Å². The molecule has 0 saturated carbocycles. The van der Waals surface area contributed by atoms with E-state index >= 15 is 0 Å². The first-order valence-electron chi connectivity index (χ1n) is 7.14. The van der Waals surface area contributed by atoms with Gasteiger partial charge in [-0.15, -0.1) is 0 Å². The van der Waals surface area contributed by atoms with Crippen molar-refractivity contribution < 1.29 is 4.79 Å². The van der Waals surface area contributed by atoms with Crippen molar-refractivity contribution in [2.45, 2.75) is 27.3 Å². The Hall–Kier alpha value is -1.19. The van der Waals surface area contributed by atoms with Gasteiger partial charge in [0.1, 0.15) is 6.29 Å². The van der Waals surface area contributed by atoms with Crippen molar-refractivity contribution >= 4 is 6.29 Å². The van der Waals surface area contributed by atoms with Gasteiger partial charge in [-0.2, -0.15) is 0 Å². The average Bonchev–Trinajstić information content (AvgIpc) is 2.43. The van der Waals surface area contributed by atoms with E-state index in [0.717, 1.165) is 56.7 Å². The van der Waals surface area contributed by atoms with Gasteiger partial charge in [0, 0.05) is 38.3 Å². The zero-order valence-corrected chi connectivity index (χ0v) is 12.3. The second-order valence-corrected chi connectivity index (χ2v) is 5.47. The Morgan fingerprint density at radius 1 is 1.11 bits per heavy atom. The molecule has 0 radical (unpaired) electrons. The molecule has 0 aromatic heterocycles. The number of carbonyl (C=O) groups is 1. The molecular weight excluding hydrogens is 236 g/mol. The van der Waals surface area contributed by atoms with Crippen LogP contribution in [0.3, 0.4) is 0 Å². The summed E-state index contributed by atoms with van der Waals surface area (Å²) in [6.45, 7) is 13.0. The van der Waals surface area contributed by atoms with Crippen LogP contribution in [0.15, 0.2) is 12.1 Å². The van der Waals surface area contributed by atoms with Gasteiger partial charge in [0.15, 0.2) is 0 Å². The highest BCUT2D eigenvalue weighted by Gasteiger charge is 2.16. The van der Waals surface area contributed by atoms with Crippen molar-refractivity contribution in [1.29, 1.82) is 0 Å². The molecule has 104 valence electrons. The number of carbonyl (C=O) groups excluding carboxylic acids is 1. The van der Waals surface area contributed by atoms with Crippen molar-refractivity contribution in [1.82, 2.24) is 9.80 Å². The average molecular weight is 260 g/mol. The van der Waals surface area contributed by atoms with Crippen molar-refractivity contribution in [2.24, 2.45) is 0 Å². The monoisotopic (exact) mass is 260 g/mol. The summed E-state index contributed by atoms with van der Waals surface area (Å²) in [4.78, 5) is 16.1. The summed E-state index contributed by atoms with van der Waals surface area (Å²) in [7, 11) is 0. The van der Waals surface area contributed by atoms with E-state index < -0.39 is 0 Å². The van der Waals surface area contributed by atoms with E-state index in [-0.39, 0.29) is 0 Å². The molecule has 3 heteroatoms. The van der Waals surface area contributed by atoms with E-state index in [0.29, 0.717) is 0 Å². The van der Waals surface area contributed by atoms with Crippen LogP contribution in [-0.4, -0.2) is 48.8 Å². The predicted octanol–water partition coefficient (Wildman–Crippen LogP) is 2.25. The minimum absolute atomic E-state index is 0.835. The third-order valence-electron chi connectivity index (χ3n) is 4.13. The Kier molecular flexibility index (Phi) is 4.72. The van der Waals surface area contributed by atoms with Crippen LogP contribution in [-0.2, 0) is 6.54 Å². The number of benzene rings is 1. The Morgan fingerprint density at radius 3 is 2.32 bits per heavy atom. The van der Waals surface area contributed by atoms with Gasteiger partial charge in [-0.3, -0.25) is 9.69 Å². The molecule has 0 aliphatic carbocycles. The predicted molar refractivity (Wildman–Crippen MR) is 78.7 cm³/mol. The van der Waals surface area contributed by atoms with Crippen LogP contribution in [0.2, 0.25) is 0 Å². The number of aryl methyl sites for hydroxylation is 1. The molecule has 1 heterocycles. The Bertz CT molecular complexity index is 448. The van der Waals surface area contributed by atoms with Crippen molar-refractivity contribution in [2.75, 3.05) is 32.7 Å². The fourth-order valence-electron chi connectivity index (χ4n) is 2.75. The number of likely N-dealkylation sites (N-methyl/N-ethyl adjacent to an activating group) is 1. The lowest BCUT2D eigenvalue weighted by atomic mass is 9.99. The number of piperazine rings is 1. The molecule has 1 aliphatic heterocycles. The highest BCUT2D eigenvalue weighted by Crippen LogP contribution is 2.18. The molecule has 2 rings (SSSR count). The van der Waals surface area contributed by atoms with Crippen LogP contribution in [0.5, 0.6) is 0 Å². The number of rotatable bonds is 4. The first kappa shape index (κ1) is 14.2. The molecule has 0 amide bonds. The summed E-state index contributed by atoms with van der Waals surface area (Å²) >= 11 is 0. The van der Waals surface area contributed by atoms with Gasteiger partial charge in [-0.05, 0) is 37.6 Å². The molecule has 1 aromatic carbocycles. The molecule has 19 heavy (non-hydrogen) atoms. The summed E-state index contributed by atoms with van der Waals surface area (Å²) < 4.78 is 0. The maximum Gasteiger partial charge on any atom is 0.150 e. The van der Waals surface area contributed by atoms with Crippen molar-refractivity contribution in [3.05, 3.63) is 34.4 Å². The van der Waals surface area contributed by atoms with Crippen LogP contribution < -0.4 is 0 Å². The molecule has 0 N–H and O–H groups in total. The fourth-order valence-corrected chi connectivity index (χ4v) is 2.75. The van der Waals surface area contributed by atoms with Gasteiger partial charge in [-0.25, -0.2) is 0 Å². The third-order valence-corrected chi connectivity index (χ3v) is 4.13. The molecule has 1 saturated heterocycles. The van der Waals surface area contributed by atoms with Gasteiger partial charge >= 0.3 is 0 Å². The highest BCUT2D eigenvalue weighted by atomic mass is 16.1. The van der Waals surface area contributed by atoms with E-state index in [1.165, 1.54) is 11.1 Å². The quantitative estimate of drug-likeness (QED) is 0.776. The standard InChI is InChI=1S/C16H24N2O/c1-4-17-5-7-18(8-6-17)11-15-9-13(2)10-16(12-19)14(15)3/h9-10,12H,4-8,11H2,1-3H3. The first-order chi connectivity index (χ1) is 9.13. The first-order valence-corrected chi connectivity index (χ1v) is 7.14. The van der Waals surface area contributed by atoms with Gasteiger partial charge in [-0.1, -0.05) is 18.6 Å². The van der Waals surface area contributed by atoms with Gasteiger partial charge in [0.25, 0.3) is 0 Å². The smallest absolute Gasteiger partial charge is 0.150 e. The molecule has 1 aliphatic rings. The Balaban J connectivity index is 2.07. The Labute approximate surface area is 116 Å². The minimum Gasteiger partial charge on any atom is -0.301 e. The maximum absolute atomic E-state index is 11.1. The van der Waals surface area contributed by atoms with Crippen LogP contribution in [0, 0.1) is 13.8 Å². The van der Waals surface area contributed by atoms with Crippen LogP contribution in [0.25, 0.3) is 0 Å². The molecule has 1 aromatic rings. The zero-order valence-electron chi connectivity index (χ0n) is 12.3. The highest BCUT2D eigenvalue weighted by molar-refractivity contribution is 5.78. The lowest BCUT2D eigenvalue weighted by Crippen LogP contribution is -2.45. The topological polar surface area (TPSA) is 23.6 Å². The lowest BCUT2D eigenvalue weighted by Gasteiger charge is -2.34. The van der Waals surface area contributed by atoms with E-state index in [9.17, 15) is 4.79 Å². The normalized spacial score (nSPS) is 17.6. The SMILES string of the molecule is CCN1CCN(Cc2cc(C)cc(C=O)c2C)CC1. The van der Waals surface area contributed by atoms with Crippen LogP contribution in [0.1, 0.15) is 34.0 Å². The number of hydrogen-bond acceptors (Lipinski definition) is 3. The lowest BCUT2D eigenvalue weighted by molar-refractivity contribution is 0.112. The Morgan fingerprint density at radius 2 is 1.74 bits per heavy atom. The van der Waals surface area contributed by atoms with Gasteiger partial charge in [0.05, 0.1) is 0 Å². The van der Waals surface area contributed by atoms with Crippen LogP contribution >= 0.6 is 0 Å².